The maximum atomic E-state index is 11.4. The van der Waals surface area contributed by atoms with Crippen molar-refractivity contribution in [2.45, 2.75) is 72.1 Å². The Hall–Kier alpha value is -1.29. The van der Waals surface area contributed by atoms with Crippen molar-refractivity contribution in [1.82, 2.24) is 10.6 Å². The molecule has 2 N–H and O–H groups in total. The molecule has 1 aliphatic heterocycles. The number of unbranched alkanes of at least 4 members (excludes halogenated alkanes) is 3. The number of quaternary nitrogens is 1. The van der Waals surface area contributed by atoms with Gasteiger partial charge in [-0.2, -0.15) is 0 Å². The smallest absolute Gasteiger partial charge is 0.221 e. The van der Waals surface area contributed by atoms with Gasteiger partial charge in [-0.1, -0.05) is 18.6 Å². The van der Waals surface area contributed by atoms with Gasteiger partial charge >= 0.3 is 0 Å². The molecule has 0 fully saturated rings. The van der Waals surface area contributed by atoms with E-state index in [1.807, 2.05) is 6.20 Å². The molecule has 3 unspecified atom stereocenters. The molecule has 0 aromatic rings. The summed E-state index contributed by atoms with van der Waals surface area (Å²) in [6.45, 7) is 8.93. The number of hydrogen-bond acceptors (Lipinski definition) is 2. The first-order valence-electron chi connectivity index (χ1n) is 8.26. The van der Waals surface area contributed by atoms with Crippen molar-refractivity contribution in [2.75, 3.05) is 6.54 Å². The van der Waals surface area contributed by atoms with Crippen LogP contribution in [0.4, 0.5) is 0 Å². The summed E-state index contributed by atoms with van der Waals surface area (Å²) in [5.74, 6) is 0.0406. The van der Waals surface area contributed by atoms with Crippen molar-refractivity contribution >= 4 is 5.91 Å². The van der Waals surface area contributed by atoms with Crippen LogP contribution in [0.1, 0.15) is 59.8 Å². The van der Waals surface area contributed by atoms with Crippen LogP contribution in [0.2, 0.25) is 0 Å². The van der Waals surface area contributed by atoms with Crippen molar-refractivity contribution in [1.29, 1.82) is 0 Å². The van der Waals surface area contributed by atoms with E-state index >= 15 is 0 Å². The molecule has 0 radical (unpaired) electrons. The summed E-state index contributed by atoms with van der Waals surface area (Å²) in [7, 11) is 0. The van der Waals surface area contributed by atoms with E-state index in [9.17, 15) is 4.79 Å². The fraction of sp³-hybridized carbons (Fsp3) is 0.706. The summed E-state index contributed by atoms with van der Waals surface area (Å²) in [5, 5.41) is 6.54. The normalized spacial score (nSPS) is 26.0. The standard InChI is InChI=1S/C17H31N3O/c1-5-7-8-9-10-11-12-17-18-13-14-20(17,6-2)15(3)19-16(4)21/h5,7,13-15,17-18H,6,8-12H2,1-4H3/p+1/b7-5+. The molecule has 1 heterocycles. The first-order valence-corrected chi connectivity index (χ1v) is 8.26. The monoisotopic (exact) mass is 294 g/mol. The third kappa shape index (κ3) is 4.88. The van der Waals surface area contributed by atoms with E-state index in [1.54, 1.807) is 6.92 Å². The average molecular weight is 294 g/mol. The number of nitrogens with zero attached hydrogens (tertiary/aromatic N) is 1. The molecule has 1 rings (SSSR count). The Morgan fingerprint density at radius 2 is 2.19 bits per heavy atom. The Bertz CT molecular complexity index is 378. The van der Waals surface area contributed by atoms with Gasteiger partial charge in [-0.15, -0.1) is 0 Å². The number of allylic oxidation sites excluding steroid dienone is 2. The van der Waals surface area contributed by atoms with Crippen LogP contribution in [0.3, 0.4) is 0 Å². The van der Waals surface area contributed by atoms with E-state index in [0.29, 0.717) is 6.17 Å². The molecular weight excluding hydrogens is 262 g/mol. The van der Waals surface area contributed by atoms with Gasteiger partial charge in [0.05, 0.1) is 12.7 Å². The minimum atomic E-state index is 0.0406. The van der Waals surface area contributed by atoms with Gasteiger partial charge in [-0.25, -0.2) is 0 Å². The third-order valence-corrected chi connectivity index (χ3v) is 4.49. The van der Waals surface area contributed by atoms with Gasteiger partial charge in [0, 0.05) is 20.3 Å². The molecule has 0 spiro atoms. The van der Waals surface area contributed by atoms with Crippen LogP contribution in [-0.4, -0.2) is 29.3 Å². The Morgan fingerprint density at radius 3 is 2.81 bits per heavy atom. The molecule has 1 aliphatic rings. The lowest BCUT2D eigenvalue weighted by Crippen LogP contribution is -2.62. The molecule has 1 amide bonds. The first-order chi connectivity index (χ1) is 10.1. The molecule has 0 bridgehead atoms. The van der Waals surface area contributed by atoms with Crippen LogP contribution in [-0.2, 0) is 4.79 Å². The molecule has 0 saturated heterocycles. The molecule has 120 valence electrons. The van der Waals surface area contributed by atoms with Crippen LogP contribution < -0.4 is 10.6 Å². The van der Waals surface area contributed by atoms with Gasteiger partial charge < -0.3 is 10.6 Å². The molecule has 0 aromatic heterocycles. The molecule has 0 aliphatic carbocycles. The minimum Gasteiger partial charge on any atom is -0.338 e. The Morgan fingerprint density at radius 1 is 1.43 bits per heavy atom. The summed E-state index contributed by atoms with van der Waals surface area (Å²) in [5.41, 5.74) is 0. The maximum Gasteiger partial charge on any atom is 0.221 e. The Balaban J connectivity index is 2.50. The summed E-state index contributed by atoms with van der Waals surface area (Å²) in [6.07, 6.45) is 15.2. The summed E-state index contributed by atoms with van der Waals surface area (Å²) < 4.78 is 0.800. The zero-order valence-electron chi connectivity index (χ0n) is 14.1. The van der Waals surface area contributed by atoms with Crippen LogP contribution in [0.5, 0.6) is 0 Å². The number of rotatable bonds is 9. The second-order valence-electron chi connectivity index (χ2n) is 5.89. The van der Waals surface area contributed by atoms with E-state index in [4.69, 9.17) is 0 Å². The minimum absolute atomic E-state index is 0.0406. The van der Waals surface area contributed by atoms with Crippen LogP contribution in [0.15, 0.2) is 24.6 Å². The highest BCUT2D eigenvalue weighted by atomic mass is 16.1. The summed E-state index contributed by atoms with van der Waals surface area (Å²) >= 11 is 0. The van der Waals surface area contributed by atoms with Gasteiger partial charge in [0.15, 0.2) is 12.3 Å². The number of hydrogen-bond donors (Lipinski definition) is 2. The molecule has 0 aromatic carbocycles. The van der Waals surface area contributed by atoms with Crippen molar-refractivity contribution in [3.05, 3.63) is 24.6 Å². The van der Waals surface area contributed by atoms with E-state index in [-0.39, 0.29) is 12.1 Å². The van der Waals surface area contributed by atoms with Crippen molar-refractivity contribution < 1.29 is 9.28 Å². The predicted octanol–water partition coefficient (Wildman–Crippen LogP) is 3.23. The third-order valence-electron chi connectivity index (χ3n) is 4.49. The second-order valence-corrected chi connectivity index (χ2v) is 5.89. The molecule has 0 saturated carbocycles. The van der Waals surface area contributed by atoms with Gasteiger partial charge in [0.2, 0.25) is 5.91 Å². The summed E-state index contributed by atoms with van der Waals surface area (Å²) in [6, 6.07) is 0. The summed E-state index contributed by atoms with van der Waals surface area (Å²) in [4.78, 5) is 11.4. The number of carbonyl (C=O) groups is 1. The molecule has 21 heavy (non-hydrogen) atoms. The van der Waals surface area contributed by atoms with E-state index in [1.165, 1.54) is 25.7 Å². The average Bonchev–Trinajstić information content (AvgIpc) is 2.86. The highest BCUT2D eigenvalue weighted by Gasteiger charge is 2.41. The largest absolute Gasteiger partial charge is 0.338 e. The molecule has 4 heteroatoms. The molecule has 4 nitrogen and oxygen atoms in total. The fourth-order valence-corrected chi connectivity index (χ4v) is 3.22. The van der Waals surface area contributed by atoms with Gasteiger partial charge in [-0.3, -0.25) is 9.28 Å². The van der Waals surface area contributed by atoms with E-state index in [2.05, 4.69) is 49.8 Å². The van der Waals surface area contributed by atoms with Crippen molar-refractivity contribution in [3.8, 4) is 0 Å². The second kappa shape index (κ2) is 8.88. The lowest BCUT2D eigenvalue weighted by Gasteiger charge is -2.41. The van der Waals surface area contributed by atoms with Crippen molar-refractivity contribution in [2.24, 2.45) is 0 Å². The predicted molar refractivity (Wildman–Crippen MR) is 88.0 cm³/mol. The number of nitrogens with one attached hydrogen (secondary N) is 2. The lowest BCUT2D eigenvalue weighted by atomic mass is 10.1. The van der Waals surface area contributed by atoms with Crippen LogP contribution in [0, 0.1) is 0 Å². The van der Waals surface area contributed by atoms with Gasteiger partial charge in [0.1, 0.15) is 6.20 Å². The zero-order valence-corrected chi connectivity index (χ0v) is 14.1. The molecule has 3 atom stereocenters. The Kier molecular flexibility index (Phi) is 7.51. The topological polar surface area (TPSA) is 41.1 Å². The number of carbonyl (C=O) groups excluding carboxylic acids is 1. The fourth-order valence-electron chi connectivity index (χ4n) is 3.22. The quantitative estimate of drug-likeness (QED) is 0.389. The first kappa shape index (κ1) is 17.8. The van der Waals surface area contributed by atoms with E-state index in [0.717, 1.165) is 17.4 Å². The van der Waals surface area contributed by atoms with Crippen LogP contribution in [0.25, 0.3) is 0 Å². The maximum absolute atomic E-state index is 11.4. The van der Waals surface area contributed by atoms with Gasteiger partial charge in [0.25, 0.3) is 0 Å². The van der Waals surface area contributed by atoms with Gasteiger partial charge in [-0.05, 0) is 33.1 Å². The van der Waals surface area contributed by atoms with E-state index < -0.39 is 0 Å². The highest BCUT2D eigenvalue weighted by molar-refractivity contribution is 5.72. The van der Waals surface area contributed by atoms with Crippen molar-refractivity contribution in [3.63, 3.8) is 0 Å². The lowest BCUT2D eigenvalue weighted by molar-refractivity contribution is -0.923. The highest BCUT2D eigenvalue weighted by Crippen LogP contribution is 2.25. The van der Waals surface area contributed by atoms with Crippen LogP contribution >= 0.6 is 0 Å². The zero-order chi connectivity index (χ0) is 15.7. The molecular formula is C17H32N3O+. The SMILES string of the molecule is C/C=C/CCCCCC1NC=C[N+]1(CC)C(C)NC(C)=O. The Labute approximate surface area is 129 Å². The number of amides is 1.